The van der Waals surface area contributed by atoms with Crippen molar-refractivity contribution in [2.75, 3.05) is 13.1 Å². The van der Waals surface area contributed by atoms with Gasteiger partial charge in [0.15, 0.2) is 5.58 Å². The number of piperidine rings is 1. The number of fused-ring (bicyclic) bond motifs is 2. The van der Waals surface area contributed by atoms with Crippen LogP contribution in [0.15, 0.2) is 56.5 Å². The number of H-pyrrole nitrogens is 2. The number of hydrogen-bond donors (Lipinski definition) is 4. The number of nitrogens with one attached hydrogen (secondary N) is 3. The van der Waals surface area contributed by atoms with Crippen LogP contribution in [0.4, 0.5) is 4.79 Å². The van der Waals surface area contributed by atoms with Crippen LogP contribution >= 0.6 is 0 Å². The molecule has 4 aromatic rings. The van der Waals surface area contributed by atoms with Crippen LogP contribution in [0.1, 0.15) is 35.4 Å². The van der Waals surface area contributed by atoms with Crippen molar-refractivity contribution in [2.24, 2.45) is 0 Å². The first kappa shape index (κ1) is 23.4. The third-order valence-electron chi connectivity index (χ3n) is 6.83. The number of oxazole rings is 1. The number of aryl methyl sites for hydroxylation is 1. The van der Waals surface area contributed by atoms with Crippen LogP contribution in [0, 0.1) is 6.92 Å². The van der Waals surface area contributed by atoms with E-state index >= 15 is 0 Å². The maximum atomic E-state index is 12.9. The topological polar surface area (TPSA) is 148 Å². The number of carboxylic acids is 1. The monoisotopic (exact) mass is 490 g/mol. The molecule has 4 N–H and O–H groups in total. The van der Waals surface area contributed by atoms with Gasteiger partial charge < -0.3 is 24.7 Å². The summed E-state index contributed by atoms with van der Waals surface area (Å²) in [6.45, 7) is 2.61. The number of benzene rings is 2. The number of likely N-dealkylation sites (tertiary alicyclic amines) is 1. The molecule has 10 nitrogen and oxygen atoms in total. The van der Waals surface area contributed by atoms with Gasteiger partial charge in [-0.2, -0.15) is 0 Å². The molecule has 3 heterocycles. The molecule has 0 aliphatic carbocycles. The molecule has 0 radical (unpaired) electrons. The van der Waals surface area contributed by atoms with Crippen LogP contribution in [0.3, 0.4) is 0 Å². The van der Waals surface area contributed by atoms with E-state index in [1.165, 1.54) is 0 Å². The number of nitrogens with zero attached hydrogens (tertiary/aromatic N) is 1. The van der Waals surface area contributed by atoms with E-state index in [1.807, 2.05) is 30.3 Å². The summed E-state index contributed by atoms with van der Waals surface area (Å²) in [6.07, 6.45) is 1.25. The highest BCUT2D eigenvalue weighted by atomic mass is 16.4. The number of hydrogen-bond acceptors (Lipinski definition) is 5. The Kier molecular flexibility index (Phi) is 6.09. The number of aromatic nitrogens is 2. The Balaban J connectivity index is 1.24. The fourth-order valence-electron chi connectivity index (χ4n) is 4.95. The molecular formula is C26H26N4O6. The van der Waals surface area contributed by atoms with Crippen molar-refractivity contribution in [1.29, 1.82) is 0 Å². The van der Waals surface area contributed by atoms with Crippen LogP contribution in [0.25, 0.3) is 22.0 Å². The molecule has 1 aliphatic rings. The molecule has 0 saturated carbocycles. The summed E-state index contributed by atoms with van der Waals surface area (Å²) in [7, 11) is 0. The SMILES string of the molecule is Cc1cc(CC(NC(=O)N2CCC(c3cc4ccccc4[nH]c3=O)CC2)C(=O)O)cc2oc(=O)[nH]c12. The second kappa shape index (κ2) is 9.37. The molecule has 36 heavy (non-hydrogen) atoms. The standard InChI is InChI=1S/C26H26N4O6/c1-14-10-15(12-21-22(14)29-26(35)36-21)11-20(24(32)33)28-25(34)30-8-6-16(7-9-30)18-13-17-4-2-3-5-19(17)27-23(18)31/h2-5,10,12-13,16,20H,6-9,11H2,1H3,(H,27,31)(H,28,34)(H,29,35)(H,32,33). The lowest BCUT2D eigenvalue weighted by Gasteiger charge is -2.32. The summed E-state index contributed by atoms with van der Waals surface area (Å²) < 4.78 is 5.11. The Hall–Kier alpha value is -4.34. The molecule has 1 atom stereocenters. The summed E-state index contributed by atoms with van der Waals surface area (Å²) in [4.78, 5) is 56.0. The van der Waals surface area contributed by atoms with Gasteiger partial charge in [-0.05, 0) is 60.4 Å². The zero-order valence-corrected chi connectivity index (χ0v) is 19.7. The Morgan fingerprint density at radius 1 is 1.14 bits per heavy atom. The highest BCUT2D eigenvalue weighted by Gasteiger charge is 2.29. The lowest BCUT2D eigenvalue weighted by atomic mass is 9.89. The van der Waals surface area contributed by atoms with E-state index in [9.17, 15) is 24.3 Å². The number of amides is 2. The molecule has 10 heteroatoms. The fraction of sp³-hybridized carbons (Fsp3) is 0.308. The predicted octanol–water partition coefficient (Wildman–Crippen LogP) is 2.86. The van der Waals surface area contributed by atoms with Crippen LogP contribution in [0.5, 0.6) is 0 Å². The number of carboxylic acid groups (broad SMARTS) is 1. The summed E-state index contributed by atoms with van der Waals surface area (Å²) in [5.74, 6) is -1.72. The predicted molar refractivity (Wildman–Crippen MR) is 133 cm³/mol. The quantitative estimate of drug-likeness (QED) is 0.338. The molecule has 2 aromatic carbocycles. The highest BCUT2D eigenvalue weighted by Crippen LogP contribution is 2.27. The van der Waals surface area contributed by atoms with Gasteiger partial charge in [-0.1, -0.05) is 24.3 Å². The number of pyridine rings is 1. The second-order valence-corrected chi connectivity index (χ2v) is 9.25. The first-order chi connectivity index (χ1) is 17.3. The first-order valence-electron chi connectivity index (χ1n) is 11.8. The van der Waals surface area contributed by atoms with Gasteiger partial charge in [0.2, 0.25) is 0 Å². The smallest absolute Gasteiger partial charge is 0.417 e. The third-order valence-corrected chi connectivity index (χ3v) is 6.83. The molecular weight excluding hydrogens is 464 g/mol. The van der Waals surface area contributed by atoms with Gasteiger partial charge in [-0.3, -0.25) is 9.78 Å². The molecule has 0 spiro atoms. The Morgan fingerprint density at radius 2 is 1.89 bits per heavy atom. The van der Waals surface area contributed by atoms with E-state index in [-0.39, 0.29) is 17.9 Å². The molecule has 2 aromatic heterocycles. The van der Waals surface area contributed by atoms with E-state index < -0.39 is 23.8 Å². The minimum atomic E-state index is -1.16. The van der Waals surface area contributed by atoms with Gasteiger partial charge in [0.1, 0.15) is 6.04 Å². The average Bonchev–Trinajstić information content (AvgIpc) is 3.24. The van der Waals surface area contributed by atoms with Crippen LogP contribution in [-0.4, -0.2) is 51.1 Å². The lowest BCUT2D eigenvalue weighted by molar-refractivity contribution is -0.139. The maximum Gasteiger partial charge on any atom is 0.417 e. The number of para-hydroxylation sites is 1. The van der Waals surface area contributed by atoms with Crippen molar-refractivity contribution >= 4 is 34.0 Å². The number of carbonyl (C=O) groups excluding carboxylic acids is 1. The minimum absolute atomic E-state index is 0.0170. The van der Waals surface area contributed by atoms with Gasteiger partial charge in [0, 0.05) is 30.6 Å². The van der Waals surface area contributed by atoms with E-state index in [0.29, 0.717) is 48.2 Å². The van der Waals surface area contributed by atoms with Crippen molar-refractivity contribution in [2.45, 2.75) is 38.1 Å². The summed E-state index contributed by atoms with van der Waals surface area (Å²) >= 11 is 0. The number of aromatic amines is 2. The Morgan fingerprint density at radius 3 is 2.64 bits per heavy atom. The Bertz CT molecular complexity index is 1570. The van der Waals surface area contributed by atoms with Crippen LogP contribution < -0.4 is 16.6 Å². The number of rotatable bonds is 5. The summed E-state index contributed by atoms with van der Waals surface area (Å²) in [6, 6.07) is 11.3. The Labute approximate surface area is 204 Å². The van der Waals surface area contributed by atoms with E-state index in [1.54, 1.807) is 24.0 Å². The van der Waals surface area contributed by atoms with Gasteiger partial charge >= 0.3 is 17.8 Å². The van der Waals surface area contributed by atoms with Crippen molar-refractivity contribution in [3.8, 4) is 0 Å². The summed E-state index contributed by atoms with van der Waals surface area (Å²) in [5, 5.41) is 13.3. The molecule has 1 aliphatic heterocycles. The molecule has 2 amide bonds. The molecule has 1 fully saturated rings. The highest BCUT2D eigenvalue weighted by molar-refractivity contribution is 5.83. The molecule has 5 rings (SSSR count). The molecule has 1 unspecified atom stereocenters. The van der Waals surface area contributed by atoms with Crippen molar-refractivity contribution in [3.63, 3.8) is 0 Å². The van der Waals surface area contributed by atoms with Gasteiger partial charge in [0.05, 0.1) is 5.52 Å². The largest absolute Gasteiger partial charge is 0.480 e. The second-order valence-electron chi connectivity index (χ2n) is 9.25. The number of urea groups is 1. The van der Waals surface area contributed by atoms with E-state index in [2.05, 4.69) is 15.3 Å². The average molecular weight is 491 g/mol. The normalized spacial score (nSPS) is 15.3. The lowest BCUT2D eigenvalue weighted by Crippen LogP contribution is -2.50. The zero-order valence-electron chi connectivity index (χ0n) is 19.7. The third kappa shape index (κ3) is 4.61. The van der Waals surface area contributed by atoms with Crippen molar-refractivity contribution < 1.29 is 19.1 Å². The summed E-state index contributed by atoms with van der Waals surface area (Å²) in [5.41, 5.74) is 3.66. The maximum absolute atomic E-state index is 12.9. The van der Waals surface area contributed by atoms with Crippen molar-refractivity contribution in [1.82, 2.24) is 20.2 Å². The van der Waals surface area contributed by atoms with E-state index in [4.69, 9.17) is 4.42 Å². The van der Waals surface area contributed by atoms with Gasteiger partial charge in [0.25, 0.3) is 5.56 Å². The van der Waals surface area contributed by atoms with Crippen LogP contribution in [-0.2, 0) is 11.2 Å². The van der Waals surface area contributed by atoms with Crippen LogP contribution in [0.2, 0.25) is 0 Å². The van der Waals surface area contributed by atoms with Gasteiger partial charge in [-0.25, -0.2) is 14.4 Å². The first-order valence-corrected chi connectivity index (χ1v) is 11.8. The van der Waals surface area contributed by atoms with E-state index in [0.717, 1.165) is 16.5 Å². The molecule has 0 bridgehead atoms. The molecule has 186 valence electrons. The molecule has 1 saturated heterocycles. The fourth-order valence-corrected chi connectivity index (χ4v) is 4.95. The number of carbonyl (C=O) groups is 2. The minimum Gasteiger partial charge on any atom is -0.480 e. The number of aliphatic carboxylic acids is 1. The zero-order chi connectivity index (χ0) is 25.4. The van der Waals surface area contributed by atoms with Crippen molar-refractivity contribution in [3.05, 3.63) is 80.1 Å². The van der Waals surface area contributed by atoms with Gasteiger partial charge in [-0.15, -0.1) is 0 Å².